The Morgan fingerprint density at radius 1 is 1.37 bits per heavy atom. The van der Waals surface area contributed by atoms with Gasteiger partial charge in [0, 0.05) is 31.2 Å². The number of nitrogens with zero attached hydrogens (tertiary/aromatic N) is 1. The van der Waals surface area contributed by atoms with Crippen LogP contribution in [0.4, 0.5) is 4.39 Å². The van der Waals surface area contributed by atoms with E-state index in [0.717, 1.165) is 18.7 Å². The Bertz CT molecular complexity index is 413. The zero-order valence-corrected chi connectivity index (χ0v) is 12.2. The molecular weight excluding hydrogens is 239 g/mol. The van der Waals surface area contributed by atoms with Crippen LogP contribution in [0.1, 0.15) is 37.8 Å². The fourth-order valence-corrected chi connectivity index (χ4v) is 2.39. The third-order valence-corrected chi connectivity index (χ3v) is 3.40. The molecule has 1 N–H and O–H groups in total. The van der Waals surface area contributed by atoms with E-state index >= 15 is 0 Å². The Hall–Kier alpha value is -0.930. The highest BCUT2D eigenvalue weighted by Crippen LogP contribution is 2.20. The molecule has 0 spiro atoms. The summed E-state index contributed by atoms with van der Waals surface area (Å²) in [6.45, 7) is 6.89. The third kappa shape index (κ3) is 4.92. The lowest BCUT2D eigenvalue weighted by molar-refractivity contribution is 0.284. The maximum absolute atomic E-state index is 13.8. The quantitative estimate of drug-likeness (QED) is 0.814. The van der Waals surface area contributed by atoms with Crippen LogP contribution in [-0.4, -0.2) is 24.5 Å². The molecule has 3 heteroatoms. The Morgan fingerprint density at radius 2 is 2.11 bits per heavy atom. The lowest BCUT2D eigenvalue weighted by Crippen LogP contribution is -2.23. The van der Waals surface area contributed by atoms with Crippen LogP contribution < -0.4 is 5.32 Å². The molecule has 0 aromatic heterocycles. The second-order valence-electron chi connectivity index (χ2n) is 6.17. The highest BCUT2D eigenvalue weighted by molar-refractivity contribution is 5.25. The van der Waals surface area contributed by atoms with E-state index in [1.54, 1.807) is 6.07 Å². The molecule has 106 valence electrons. The molecule has 0 aliphatic heterocycles. The van der Waals surface area contributed by atoms with E-state index in [4.69, 9.17) is 0 Å². The van der Waals surface area contributed by atoms with Crippen LogP contribution in [-0.2, 0) is 13.1 Å². The number of hydrogen-bond acceptors (Lipinski definition) is 2. The van der Waals surface area contributed by atoms with Crippen LogP contribution in [0.2, 0.25) is 0 Å². The topological polar surface area (TPSA) is 15.3 Å². The van der Waals surface area contributed by atoms with Crippen LogP contribution in [0.5, 0.6) is 0 Å². The van der Waals surface area contributed by atoms with Gasteiger partial charge in [-0.2, -0.15) is 0 Å². The molecule has 0 unspecified atom stereocenters. The van der Waals surface area contributed by atoms with Crippen molar-refractivity contribution in [1.82, 2.24) is 10.2 Å². The maximum atomic E-state index is 13.8. The van der Waals surface area contributed by atoms with Crippen LogP contribution in [0.15, 0.2) is 18.2 Å². The first-order valence-electron chi connectivity index (χ1n) is 7.24. The molecule has 0 radical (unpaired) electrons. The van der Waals surface area contributed by atoms with Crippen LogP contribution in [0, 0.1) is 11.7 Å². The van der Waals surface area contributed by atoms with Crippen molar-refractivity contribution in [1.29, 1.82) is 0 Å². The minimum absolute atomic E-state index is 0.0919. The Labute approximate surface area is 116 Å². The van der Waals surface area contributed by atoms with Gasteiger partial charge in [0.2, 0.25) is 0 Å². The smallest absolute Gasteiger partial charge is 0.127 e. The molecule has 1 aliphatic carbocycles. The molecule has 1 saturated carbocycles. The molecule has 0 saturated heterocycles. The van der Waals surface area contributed by atoms with E-state index in [0.29, 0.717) is 18.5 Å². The predicted octanol–water partition coefficient (Wildman–Crippen LogP) is 3.17. The van der Waals surface area contributed by atoms with E-state index in [2.05, 4.69) is 31.1 Å². The number of hydrogen-bond donors (Lipinski definition) is 1. The first-order chi connectivity index (χ1) is 9.04. The average Bonchev–Trinajstić information content (AvgIpc) is 3.13. The fraction of sp³-hybridized carbons (Fsp3) is 0.625. The molecule has 0 amide bonds. The zero-order chi connectivity index (χ0) is 13.8. The van der Waals surface area contributed by atoms with Gasteiger partial charge in [-0.1, -0.05) is 26.0 Å². The monoisotopic (exact) mass is 264 g/mol. The Kier molecular flexibility index (Phi) is 4.94. The molecule has 2 nitrogen and oxygen atoms in total. The van der Waals surface area contributed by atoms with E-state index in [1.807, 2.05) is 12.1 Å². The summed E-state index contributed by atoms with van der Waals surface area (Å²) >= 11 is 0. The van der Waals surface area contributed by atoms with Crippen LogP contribution in [0.3, 0.4) is 0 Å². The maximum Gasteiger partial charge on any atom is 0.127 e. The van der Waals surface area contributed by atoms with Crippen molar-refractivity contribution in [2.45, 2.75) is 45.8 Å². The van der Waals surface area contributed by atoms with E-state index in [1.165, 1.54) is 18.4 Å². The van der Waals surface area contributed by atoms with E-state index in [9.17, 15) is 4.39 Å². The molecule has 2 rings (SSSR count). The summed E-state index contributed by atoms with van der Waals surface area (Å²) in [6, 6.07) is 6.18. The van der Waals surface area contributed by atoms with Crippen molar-refractivity contribution in [3.8, 4) is 0 Å². The number of rotatable bonds is 7. The fourth-order valence-electron chi connectivity index (χ4n) is 2.39. The summed E-state index contributed by atoms with van der Waals surface area (Å²) in [5.41, 5.74) is 1.99. The summed E-state index contributed by atoms with van der Waals surface area (Å²) in [6.07, 6.45) is 2.57. The van der Waals surface area contributed by atoms with Crippen molar-refractivity contribution < 1.29 is 4.39 Å². The third-order valence-electron chi connectivity index (χ3n) is 3.40. The SMILES string of the molecule is CC(C)CN(C)Cc1cc(CNC2CC2)ccc1F. The van der Waals surface area contributed by atoms with Crippen molar-refractivity contribution >= 4 is 0 Å². The predicted molar refractivity (Wildman–Crippen MR) is 77.4 cm³/mol. The lowest BCUT2D eigenvalue weighted by Gasteiger charge is -2.19. The minimum atomic E-state index is -0.0919. The van der Waals surface area contributed by atoms with Gasteiger partial charge < -0.3 is 10.2 Å². The lowest BCUT2D eigenvalue weighted by atomic mass is 10.1. The second-order valence-corrected chi connectivity index (χ2v) is 6.17. The van der Waals surface area contributed by atoms with Crippen molar-refractivity contribution in [3.63, 3.8) is 0 Å². The summed E-state index contributed by atoms with van der Waals surface area (Å²) in [4.78, 5) is 2.18. The van der Waals surface area contributed by atoms with Gasteiger partial charge in [0.1, 0.15) is 5.82 Å². The normalized spacial score (nSPS) is 15.5. The number of benzene rings is 1. The van der Waals surface area contributed by atoms with Gasteiger partial charge in [0.05, 0.1) is 0 Å². The Morgan fingerprint density at radius 3 is 2.74 bits per heavy atom. The van der Waals surface area contributed by atoms with Crippen molar-refractivity contribution in [2.24, 2.45) is 5.92 Å². The second kappa shape index (κ2) is 6.49. The minimum Gasteiger partial charge on any atom is -0.310 e. The standard InChI is InChI=1S/C16H25FN2/c1-12(2)10-19(3)11-14-8-13(4-7-16(14)17)9-18-15-5-6-15/h4,7-8,12,15,18H,5-6,9-11H2,1-3H3. The number of nitrogens with one attached hydrogen (secondary N) is 1. The molecule has 0 heterocycles. The van der Waals surface area contributed by atoms with Gasteiger partial charge in [-0.05, 0) is 37.4 Å². The van der Waals surface area contributed by atoms with Crippen molar-refractivity contribution in [2.75, 3.05) is 13.6 Å². The molecule has 1 aromatic carbocycles. The molecule has 0 atom stereocenters. The highest BCUT2D eigenvalue weighted by atomic mass is 19.1. The summed E-state index contributed by atoms with van der Waals surface area (Å²) in [5, 5.41) is 3.47. The highest BCUT2D eigenvalue weighted by Gasteiger charge is 2.20. The van der Waals surface area contributed by atoms with Gasteiger partial charge in [0.15, 0.2) is 0 Å². The summed E-state index contributed by atoms with van der Waals surface area (Å²) < 4.78 is 13.8. The average molecular weight is 264 g/mol. The van der Waals surface area contributed by atoms with Gasteiger partial charge in [0.25, 0.3) is 0 Å². The van der Waals surface area contributed by atoms with Gasteiger partial charge in [-0.25, -0.2) is 4.39 Å². The Balaban J connectivity index is 1.95. The molecular formula is C16H25FN2. The van der Waals surface area contributed by atoms with Gasteiger partial charge >= 0.3 is 0 Å². The number of halogens is 1. The summed E-state index contributed by atoms with van der Waals surface area (Å²) in [7, 11) is 2.05. The first-order valence-corrected chi connectivity index (χ1v) is 7.24. The molecule has 19 heavy (non-hydrogen) atoms. The van der Waals surface area contributed by atoms with E-state index in [-0.39, 0.29) is 5.82 Å². The molecule has 0 bridgehead atoms. The van der Waals surface area contributed by atoms with E-state index < -0.39 is 0 Å². The molecule has 1 fully saturated rings. The van der Waals surface area contributed by atoms with Gasteiger partial charge in [-0.3, -0.25) is 0 Å². The molecule has 1 aromatic rings. The summed E-state index contributed by atoms with van der Waals surface area (Å²) in [5.74, 6) is 0.513. The van der Waals surface area contributed by atoms with Crippen LogP contribution >= 0.6 is 0 Å². The van der Waals surface area contributed by atoms with Crippen LogP contribution in [0.25, 0.3) is 0 Å². The van der Waals surface area contributed by atoms with Gasteiger partial charge in [-0.15, -0.1) is 0 Å². The largest absolute Gasteiger partial charge is 0.310 e. The molecule has 1 aliphatic rings. The zero-order valence-electron chi connectivity index (χ0n) is 12.2. The first kappa shape index (κ1) is 14.5. The van der Waals surface area contributed by atoms with Crippen molar-refractivity contribution in [3.05, 3.63) is 35.1 Å².